The lowest BCUT2D eigenvalue weighted by Gasteiger charge is -2.48. The number of esters is 4. The van der Waals surface area contributed by atoms with E-state index in [0.717, 1.165) is 34.6 Å². The quantitative estimate of drug-likeness (QED) is 0.440. The summed E-state index contributed by atoms with van der Waals surface area (Å²) in [6.07, 6.45) is -6.39. The molecule has 1 aliphatic rings. The lowest BCUT2D eigenvalue weighted by molar-refractivity contribution is -0.352. The van der Waals surface area contributed by atoms with Crippen molar-refractivity contribution < 1.29 is 52.8 Å². The number of aliphatic hydroxyl groups excluding tert-OH is 1. The molecule has 0 amide bonds. The van der Waals surface area contributed by atoms with Gasteiger partial charge in [0.2, 0.25) is 6.10 Å². The Balaban J connectivity index is 3.58. The maximum Gasteiger partial charge on any atom is 0.305 e. The van der Waals surface area contributed by atoms with Crippen LogP contribution in [-0.4, -0.2) is 71.6 Å². The molecule has 0 aromatic carbocycles. The van der Waals surface area contributed by atoms with Gasteiger partial charge in [0.25, 0.3) is 5.79 Å². The van der Waals surface area contributed by atoms with Gasteiger partial charge in [0.15, 0.2) is 24.1 Å². The van der Waals surface area contributed by atoms with Gasteiger partial charge in [-0.05, 0) is 6.92 Å². The highest BCUT2D eigenvalue weighted by atomic mass is 16.8. The summed E-state index contributed by atoms with van der Waals surface area (Å²) < 4.78 is 25.7. The highest BCUT2D eigenvalue weighted by molar-refractivity contribution is 5.82. The first-order valence-electron chi connectivity index (χ1n) is 7.94. The average molecular weight is 390 g/mol. The maximum atomic E-state index is 12.1. The van der Waals surface area contributed by atoms with Gasteiger partial charge in [-0.1, -0.05) is 0 Å². The molecule has 0 spiro atoms. The van der Waals surface area contributed by atoms with Gasteiger partial charge in [-0.3, -0.25) is 24.0 Å². The largest absolute Gasteiger partial charge is 0.455 e. The molecule has 1 N–H and O–H groups in total. The molecule has 1 aliphatic heterocycles. The first kappa shape index (κ1) is 22.5. The van der Waals surface area contributed by atoms with Crippen molar-refractivity contribution in [3.8, 4) is 0 Å². The molecular weight excluding hydrogens is 368 g/mol. The summed E-state index contributed by atoms with van der Waals surface area (Å²) >= 11 is 0. The second-order valence-corrected chi connectivity index (χ2v) is 5.89. The standard InChI is InChI=1S/C16H22O11/c1-7(18)12-13(23-8(2)19)14(24-9(3)20)15(25-10(4)21)16(6-17,27-12)26-11(5)22/h12-15,17H,6H2,1-5H3. The van der Waals surface area contributed by atoms with Crippen molar-refractivity contribution in [2.45, 2.75) is 64.8 Å². The summed E-state index contributed by atoms with van der Waals surface area (Å²) in [5.41, 5.74) is 0. The van der Waals surface area contributed by atoms with Crippen LogP contribution >= 0.6 is 0 Å². The Morgan fingerprint density at radius 3 is 1.67 bits per heavy atom. The van der Waals surface area contributed by atoms with Crippen molar-refractivity contribution in [1.29, 1.82) is 0 Å². The average Bonchev–Trinajstić information content (AvgIpc) is 2.50. The van der Waals surface area contributed by atoms with Gasteiger partial charge in [-0.25, -0.2) is 0 Å². The van der Waals surface area contributed by atoms with E-state index in [0.29, 0.717) is 0 Å². The van der Waals surface area contributed by atoms with Gasteiger partial charge in [-0.2, -0.15) is 0 Å². The van der Waals surface area contributed by atoms with Crippen LogP contribution in [0.15, 0.2) is 0 Å². The van der Waals surface area contributed by atoms with Gasteiger partial charge in [0, 0.05) is 27.7 Å². The van der Waals surface area contributed by atoms with Crippen molar-refractivity contribution in [2.24, 2.45) is 0 Å². The van der Waals surface area contributed by atoms with Crippen LogP contribution in [0.3, 0.4) is 0 Å². The van der Waals surface area contributed by atoms with E-state index in [1.807, 2.05) is 0 Å². The van der Waals surface area contributed by atoms with Gasteiger partial charge in [0.05, 0.1) is 0 Å². The number of carbonyl (C=O) groups excluding carboxylic acids is 5. The molecule has 1 fully saturated rings. The first-order chi connectivity index (χ1) is 12.4. The molecular formula is C16H22O11. The SMILES string of the molecule is CC(=O)OC1C(C(C)=O)OC(CO)(OC(C)=O)C(OC(C)=O)C1OC(C)=O. The molecule has 5 unspecified atom stereocenters. The van der Waals surface area contributed by atoms with E-state index < -0.39 is 66.5 Å². The van der Waals surface area contributed by atoms with Crippen LogP contribution in [0, 0.1) is 0 Å². The number of hydrogen-bond donors (Lipinski definition) is 1. The molecule has 0 saturated carbocycles. The van der Waals surface area contributed by atoms with Crippen molar-refractivity contribution in [3.63, 3.8) is 0 Å². The second kappa shape index (κ2) is 8.91. The van der Waals surface area contributed by atoms with Crippen LogP contribution in [0.25, 0.3) is 0 Å². The van der Waals surface area contributed by atoms with Gasteiger partial charge >= 0.3 is 23.9 Å². The molecule has 0 aliphatic carbocycles. The summed E-state index contributed by atoms with van der Waals surface area (Å²) in [5, 5.41) is 9.84. The molecule has 5 atom stereocenters. The maximum absolute atomic E-state index is 12.1. The molecule has 11 nitrogen and oxygen atoms in total. The van der Waals surface area contributed by atoms with Crippen LogP contribution in [0.5, 0.6) is 0 Å². The first-order valence-corrected chi connectivity index (χ1v) is 7.94. The third-order valence-electron chi connectivity index (χ3n) is 3.52. The summed E-state index contributed by atoms with van der Waals surface area (Å²) in [4.78, 5) is 58.2. The van der Waals surface area contributed by atoms with Crippen LogP contribution in [0.1, 0.15) is 34.6 Å². The number of ether oxygens (including phenoxy) is 5. The Labute approximate surface area is 154 Å². The number of carbonyl (C=O) groups is 5. The second-order valence-electron chi connectivity index (χ2n) is 5.89. The fraction of sp³-hybridized carbons (Fsp3) is 0.688. The number of aliphatic hydroxyl groups is 1. The van der Waals surface area contributed by atoms with E-state index in [2.05, 4.69) is 0 Å². The topological polar surface area (TPSA) is 152 Å². The molecule has 0 aromatic rings. The summed E-state index contributed by atoms with van der Waals surface area (Å²) in [7, 11) is 0. The summed E-state index contributed by atoms with van der Waals surface area (Å²) in [6, 6.07) is 0. The van der Waals surface area contributed by atoms with Gasteiger partial charge < -0.3 is 28.8 Å². The fourth-order valence-electron chi connectivity index (χ4n) is 2.72. The Kier molecular flexibility index (Phi) is 7.43. The number of Topliss-reactive ketones (excluding diaryl/α,β-unsaturated/α-hetero) is 1. The van der Waals surface area contributed by atoms with E-state index >= 15 is 0 Å². The van der Waals surface area contributed by atoms with Crippen molar-refractivity contribution >= 4 is 29.7 Å². The zero-order valence-electron chi connectivity index (χ0n) is 15.5. The lowest BCUT2D eigenvalue weighted by atomic mass is 9.90. The molecule has 27 heavy (non-hydrogen) atoms. The van der Waals surface area contributed by atoms with Crippen LogP contribution in [0.4, 0.5) is 0 Å². The van der Waals surface area contributed by atoms with E-state index in [1.54, 1.807) is 0 Å². The molecule has 1 rings (SSSR count). The highest BCUT2D eigenvalue weighted by Crippen LogP contribution is 2.37. The van der Waals surface area contributed by atoms with E-state index in [4.69, 9.17) is 23.7 Å². The zero-order valence-corrected chi connectivity index (χ0v) is 15.5. The minimum absolute atomic E-state index is 0.676. The number of hydrogen-bond acceptors (Lipinski definition) is 11. The zero-order chi connectivity index (χ0) is 20.9. The number of rotatable bonds is 6. The fourth-order valence-corrected chi connectivity index (χ4v) is 2.72. The van der Waals surface area contributed by atoms with Crippen LogP contribution < -0.4 is 0 Å². The third kappa shape index (κ3) is 5.47. The molecule has 1 saturated heterocycles. The van der Waals surface area contributed by atoms with Crippen LogP contribution in [0.2, 0.25) is 0 Å². The molecule has 0 aromatic heterocycles. The van der Waals surface area contributed by atoms with E-state index in [9.17, 15) is 29.1 Å². The predicted octanol–water partition coefficient (Wildman–Crippen LogP) is -0.979. The van der Waals surface area contributed by atoms with Crippen molar-refractivity contribution in [3.05, 3.63) is 0 Å². The van der Waals surface area contributed by atoms with Gasteiger partial charge in [0.1, 0.15) is 6.61 Å². The van der Waals surface area contributed by atoms with E-state index in [1.165, 1.54) is 0 Å². The Morgan fingerprint density at radius 1 is 0.815 bits per heavy atom. The normalized spacial score (nSPS) is 30.0. The molecule has 11 heteroatoms. The Hall–Kier alpha value is -2.53. The minimum Gasteiger partial charge on any atom is -0.455 e. The van der Waals surface area contributed by atoms with Gasteiger partial charge in [-0.15, -0.1) is 0 Å². The molecule has 0 radical (unpaired) electrons. The number of ketones is 1. The van der Waals surface area contributed by atoms with Crippen LogP contribution in [-0.2, 0) is 47.7 Å². The smallest absolute Gasteiger partial charge is 0.305 e. The van der Waals surface area contributed by atoms with E-state index in [-0.39, 0.29) is 0 Å². The Morgan fingerprint density at radius 2 is 1.30 bits per heavy atom. The predicted molar refractivity (Wildman–Crippen MR) is 83.8 cm³/mol. The molecule has 0 bridgehead atoms. The molecule has 1 heterocycles. The third-order valence-corrected chi connectivity index (χ3v) is 3.52. The minimum atomic E-state index is -2.36. The molecule has 152 valence electrons. The highest BCUT2D eigenvalue weighted by Gasteiger charge is 2.62. The summed E-state index contributed by atoms with van der Waals surface area (Å²) in [6.45, 7) is 4.13. The van der Waals surface area contributed by atoms with Crippen molar-refractivity contribution in [2.75, 3.05) is 6.61 Å². The monoisotopic (exact) mass is 390 g/mol. The Bertz CT molecular complexity index is 628. The van der Waals surface area contributed by atoms with Crippen molar-refractivity contribution in [1.82, 2.24) is 0 Å². The lowest BCUT2D eigenvalue weighted by Crippen LogP contribution is -2.70. The summed E-state index contributed by atoms with van der Waals surface area (Å²) in [5.74, 6) is -6.56.